The second-order valence-corrected chi connectivity index (χ2v) is 8.67. The van der Waals surface area contributed by atoms with E-state index in [0.717, 1.165) is 40.2 Å². The zero-order valence-electron chi connectivity index (χ0n) is 19.2. The van der Waals surface area contributed by atoms with Crippen molar-refractivity contribution in [3.63, 3.8) is 0 Å². The summed E-state index contributed by atoms with van der Waals surface area (Å²) in [5.41, 5.74) is 5.85. The molecule has 0 radical (unpaired) electrons. The lowest BCUT2D eigenvalue weighted by Gasteiger charge is -2.15. The molecule has 0 spiro atoms. The van der Waals surface area contributed by atoms with Crippen LogP contribution in [0.5, 0.6) is 5.75 Å². The van der Waals surface area contributed by atoms with Gasteiger partial charge >= 0.3 is 6.09 Å². The molecule has 0 unspecified atom stereocenters. The van der Waals surface area contributed by atoms with E-state index in [1.165, 1.54) is 10.5 Å². The summed E-state index contributed by atoms with van der Waals surface area (Å²) in [5.74, 6) is 1.31. The Morgan fingerprint density at radius 2 is 1.79 bits per heavy atom. The number of nitrogens with one attached hydrogen (secondary N) is 1. The van der Waals surface area contributed by atoms with Gasteiger partial charge in [-0.15, -0.1) is 5.10 Å². The summed E-state index contributed by atoms with van der Waals surface area (Å²) in [6, 6.07) is 18.0. The third-order valence-electron chi connectivity index (χ3n) is 5.94. The first-order valence-corrected chi connectivity index (χ1v) is 11.5. The molecule has 0 aliphatic carbocycles. The highest BCUT2D eigenvalue weighted by molar-refractivity contribution is 5.82. The van der Waals surface area contributed by atoms with Crippen LogP contribution in [0.4, 0.5) is 16.4 Å². The van der Waals surface area contributed by atoms with Crippen molar-refractivity contribution in [1.29, 1.82) is 0 Å². The van der Waals surface area contributed by atoms with Crippen LogP contribution in [0, 0.1) is 0 Å². The standard InChI is InChI=1S/C26H27N5O3/c1-17(2)34-23-8-4-3-6-21(23)22-7-5-13-31-24(22)28-25(29-31)27-20-10-9-18-11-14-30(26(32)33)15-12-19(18)16-20/h3-10,13,16-17H,11-12,14-15H2,1-2H3,(H,27,29)(H,32,33). The van der Waals surface area contributed by atoms with E-state index in [2.05, 4.69) is 22.5 Å². The Labute approximate surface area is 197 Å². The van der Waals surface area contributed by atoms with Gasteiger partial charge in [-0.25, -0.2) is 9.31 Å². The summed E-state index contributed by atoms with van der Waals surface area (Å²) < 4.78 is 7.79. The average molecular weight is 458 g/mol. The molecule has 5 rings (SSSR count). The number of carboxylic acid groups (broad SMARTS) is 1. The molecule has 1 aliphatic rings. The SMILES string of the molecule is CC(C)Oc1ccccc1-c1cccn2nc(Nc3ccc4c(c3)CCN(C(=O)O)CC4)nc12. The van der Waals surface area contributed by atoms with E-state index in [1.54, 1.807) is 4.52 Å². The molecule has 8 heteroatoms. The number of anilines is 2. The molecule has 34 heavy (non-hydrogen) atoms. The van der Waals surface area contributed by atoms with Gasteiger partial charge in [-0.2, -0.15) is 4.98 Å². The van der Waals surface area contributed by atoms with Crippen LogP contribution in [-0.4, -0.2) is 49.9 Å². The molecular weight excluding hydrogens is 430 g/mol. The highest BCUT2D eigenvalue weighted by Gasteiger charge is 2.18. The van der Waals surface area contributed by atoms with Gasteiger partial charge in [0.2, 0.25) is 5.95 Å². The third-order valence-corrected chi connectivity index (χ3v) is 5.94. The summed E-state index contributed by atoms with van der Waals surface area (Å²) in [5, 5.41) is 17.2. The smallest absolute Gasteiger partial charge is 0.407 e. The molecule has 3 heterocycles. The fraction of sp³-hybridized carbons (Fsp3) is 0.269. The lowest BCUT2D eigenvalue weighted by atomic mass is 10.0. The monoisotopic (exact) mass is 457 g/mol. The van der Waals surface area contributed by atoms with Gasteiger partial charge < -0.3 is 20.1 Å². The Morgan fingerprint density at radius 1 is 1.03 bits per heavy atom. The van der Waals surface area contributed by atoms with Crippen molar-refractivity contribution in [2.75, 3.05) is 18.4 Å². The lowest BCUT2D eigenvalue weighted by Crippen LogP contribution is -2.31. The maximum atomic E-state index is 11.3. The van der Waals surface area contributed by atoms with Crippen LogP contribution in [0.1, 0.15) is 25.0 Å². The number of aromatic nitrogens is 3. The summed E-state index contributed by atoms with van der Waals surface area (Å²) in [6.45, 7) is 5.04. The third kappa shape index (κ3) is 4.39. The summed E-state index contributed by atoms with van der Waals surface area (Å²) in [6.07, 6.45) is 2.48. The van der Waals surface area contributed by atoms with E-state index in [9.17, 15) is 9.90 Å². The van der Waals surface area contributed by atoms with E-state index in [0.29, 0.717) is 25.5 Å². The Morgan fingerprint density at radius 3 is 2.59 bits per heavy atom. The molecule has 8 nitrogen and oxygen atoms in total. The zero-order chi connectivity index (χ0) is 23.7. The Balaban J connectivity index is 1.44. The zero-order valence-corrected chi connectivity index (χ0v) is 19.2. The highest BCUT2D eigenvalue weighted by Crippen LogP contribution is 2.33. The topological polar surface area (TPSA) is 92.0 Å². The summed E-state index contributed by atoms with van der Waals surface area (Å²) in [4.78, 5) is 17.6. The molecule has 2 aromatic carbocycles. The van der Waals surface area contributed by atoms with Crippen molar-refractivity contribution in [2.24, 2.45) is 0 Å². The van der Waals surface area contributed by atoms with Crippen LogP contribution in [0.15, 0.2) is 60.8 Å². The van der Waals surface area contributed by atoms with E-state index >= 15 is 0 Å². The van der Waals surface area contributed by atoms with Crippen LogP contribution >= 0.6 is 0 Å². The molecule has 0 bridgehead atoms. The van der Waals surface area contributed by atoms with E-state index in [4.69, 9.17) is 9.72 Å². The minimum absolute atomic E-state index is 0.0618. The number of benzene rings is 2. The van der Waals surface area contributed by atoms with Crippen molar-refractivity contribution in [3.8, 4) is 16.9 Å². The van der Waals surface area contributed by atoms with Crippen LogP contribution in [0.2, 0.25) is 0 Å². The second-order valence-electron chi connectivity index (χ2n) is 8.67. The molecule has 2 aromatic heterocycles. The van der Waals surface area contributed by atoms with Gasteiger partial charge in [-0.3, -0.25) is 0 Å². The van der Waals surface area contributed by atoms with Crippen molar-refractivity contribution in [1.82, 2.24) is 19.5 Å². The quantitative estimate of drug-likeness (QED) is 0.438. The number of pyridine rings is 1. The predicted molar refractivity (Wildman–Crippen MR) is 131 cm³/mol. The molecular formula is C26H27N5O3. The van der Waals surface area contributed by atoms with Crippen molar-refractivity contribution < 1.29 is 14.6 Å². The van der Waals surface area contributed by atoms with Crippen molar-refractivity contribution >= 4 is 23.4 Å². The number of fused-ring (bicyclic) bond motifs is 2. The van der Waals surface area contributed by atoms with Crippen molar-refractivity contribution in [2.45, 2.75) is 32.8 Å². The summed E-state index contributed by atoms with van der Waals surface area (Å²) in [7, 11) is 0. The maximum absolute atomic E-state index is 11.3. The fourth-order valence-electron chi connectivity index (χ4n) is 4.34. The number of nitrogens with zero attached hydrogens (tertiary/aromatic N) is 4. The van der Waals surface area contributed by atoms with Crippen molar-refractivity contribution in [3.05, 3.63) is 71.9 Å². The Kier molecular flexibility index (Phi) is 5.79. The first-order chi connectivity index (χ1) is 16.5. The molecule has 0 saturated heterocycles. The Hall–Kier alpha value is -4.07. The van der Waals surface area contributed by atoms with E-state index in [-0.39, 0.29) is 6.10 Å². The van der Waals surface area contributed by atoms with Gasteiger partial charge in [-0.1, -0.05) is 24.3 Å². The highest BCUT2D eigenvalue weighted by atomic mass is 16.5. The summed E-state index contributed by atoms with van der Waals surface area (Å²) >= 11 is 0. The van der Waals surface area contributed by atoms with Gasteiger partial charge in [0.05, 0.1) is 6.10 Å². The normalized spacial score (nSPS) is 13.6. The van der Waals surface area contributed by atoms with Gasteiger partial charge in [0.1, 0.15) is 5.75 Å². The van der Waals surface area contributed by atoms with Crippen LogP contribution in [-0.2, 0) is 12.8 Å². The first-order valence-electron chi connectivity index (χ1n) is 11.5. The lowest BCUT2D eigenvalue weighted by molar-refractivity contribution is 0.147. The second kappa shape index (κ2) is 9.05. The average Bonchev–Trinajstić information content (AvgIpc) is 3.09. The largest absolute Gasteiger partial charge is 0.490 e. The molecule has 1 amide bonds. The molecule has 0 atom stereocenters. The number of carbonyl (C=O) groups is 1. The number of hydrogen-bond donors (Lipinski definition) is 2. The minimum atomic E-state index is -0.865. The van der Waals surface area contributed by atoms with Gasteiger partial charge in [0.15, 0.2) is 5.65 Å². The van der Waals surface area contributed by atoms with Gasteiger partial charge in [-0.05, 0) is 68.1 Å². The molecule has 4 aromatic rings. The van der Waals surface area contributed by atoms with Crippen LogP contribution < -0.4 is 10.1 Å². The van der Waals surface area contributed by atoms with Gasteiger partial charge in [0, 0.05) is 36.1 Å². The van der Waals surface area contributed by atoms with E-state index in [1.807, 2.05) is 62.5 Å². The van der Waals surface area contributed by atoms with E-state index < -0.39 is 6.09 Å². The number of amides is 1. The Bertz CT molecular complexity index is 1350. The fourth-order valence-corrected chi connectivity index (χ4v) is 4.34. The molecule has 2 N–H and O–H groups in total. The number of para-hydroxylation sites is 1. The molecule has 0 saturated carbocycles. The van der Waals surface area contributed by atoms with Crippen LogP contribution in [0.3, 0.4) is 0 Å². The molecule has 174 valence electrons. The minimum Gasteiger partial charge on any atom is -0.490 e. The maximum Gasteiger partial charge on any atom is 0.407 e. The molecule has 0 fully saturated rings. The van der Waals surface area contributed by atoms with Crippen LogP contribution in [0.25, 0.3) is 16.8 Å². The number of rotatable bonds is 5. The number of ether oxygens (including phenoxy) is 1. The van der Waals surface area contributed by atoms with Gasteiger partial charge in [0.25, 0.3) is 0 Å². The predicted octanol–water partition coefficient (Wildman–Crippen LogP) is 5.01. The first kappa shape index (κ1) is 21.8. The molecule has 1 aliphatic heterocycles. The number of hydrogen-bond acceptors (Lipinski definition) is 5.